The number of fused-ring (bicyclic) bond motifs is 3. The lowest BCUT2D eigenvalue weighted by Crippen LogP contribution is -2.36. The smallest absolute Gasteiger partial charge is 0.262 e. The van der Waals surface area contributed by atoms with Crippen molar-refractivity contribution in [3.05, 3.63) is 62.8 Å². The molecule has 1 aliphatic carbocycles. The van der Waals surface area contributed by atoms with Gasteiger partial charge in [-0.25, -0.2) is 9.37 Å². The van der Waals surface area contributed by atoms with Gasteiger partial charge in [0, 0.05) is 18.0 Å². The van der Waals surface area contributed by atoms with Crippen LogP contribution in [-0.4, -0.2) is 26.9 Å². The second-order valence-corrected chi connectivity index (χ2v) is 8.83. The number of amides is 1. The second kappa shape index (κ2) is 8.06. The zero-order valence-corrected chi connectivity index (χ0v) is 17.5. The van der Waals surface area contributed by atoms with E-state index >= 15 is 0 Å². The molecule has 2 aromatic heterocycles. The third-order valence-electron chi connectivity index (χ3n) is 5.58. The molecule has 0 N–H and O–H groups in total. The summed E-state index contributed by atoms with van der Waals surface area (Å²) in [4.78, 5) is 34.1. The van der Waals surface area contributed by atoms with Gasteiger partial charge >= 0.3 is 0 Å². The molecule has 0 spiro atoms. The molecule has 0 unspecified atom stereocenters. The van der Waals surface area contributed by atoms with Crippen molar-refractivity contribution in [2.75, 3.05) is 6.54 Å². The quantitative estimate of drug-likeness (QED) is 0.640. The van der Waals surface area contributed by atoms with Gasteiger partial charge in [-0.3, -0.25) is 14.2 Å². The molecule has 1 aliphatic rings. The molecular weight excluding hydrogens is 389 g/mol. The van der Waals surface area contributed by atoms with E-state index in [1.54, 1.807) is 28.4 Å². The molecule has 0 aliphatic heterocycles. The second-order valence-electron chi connectivity index (χ2n) is 7.75. The van der Waals surface area contributed by atoms with Crippen molar-refractivity contribution in [3.63, 3.8) is 0 Å². The summed E-state index contributed by atoms with van der Waals surface area (Å²) in [5.74, 6) is 0.117. The van der Waals surface area contributed by atoms with E-state index in [9.17, 15) is 14.0 Å². The number of thiophene rings is 1. The number of carbonyl (C=O) groups is 1. The Morgan fingerprint density at radius 3 is 3.00 bits per heavy atom. The molecule has 152 valence electrons. The van der Waals surface area contributed by atoms with Gasteiger partial charge in [0.05, 0.1) is 11.7 Å². The van der Waals surface area contributed by atoms with E-state index in [-0.39, 0.29) is 23.8 Å². The van der Waals surface area contributed by atoms with Crippen LogP contribution in [0.25, 0.3) is 10.2 Å². The van der Waals surface area contributed by atoms with Crippen molar-refractivity contribution >= 4 is 27.5 Å². The normalized spacial score (nSPS) is 16.0. The summed E-state index contributed by atoms with van der Waals surface area (Å²) in [5, 5.41) is 0.681. The van der Waals surface area contributed by atoms with Gasteiger partial charge in [0.2, 0.25) is 5.91 Å². The fourth-order valence-corrected chi connectivity index (χ4v) is 5.30. The van der Waals surface area contributed by atoms with Crippen LogP contribution in [0, 0.1) is 11.7 Å². The predicted molar refractivity (Wildman–Crippen MR) is 113 cm³/mol. The lowest BCUT2D eigenvalue weighted by atomic mass is 9.89. The maximum atomic E-state index is 13.4. The molecule has 0 bridgehead atoms. The van der Waals surface area contributed by atoms with Crippen LogP contribution >= 0.6 is 11.3 Å². The summed E-state index contributed by atoms with van der Waals surface area (Å²) in [6.07, 6.45) is 4.44. The Bertz CT molecular complexity index is 1120. The van der Waals surface area contributed by atoms with Gasteiger partial charge in [0.15, 0.2) is 0 Å². The standard InChI is InChI=1S/C22H24FN3O2S/c1-3-25(11-15-5-4-6-16(23)10-15)19(27)12-26-13-24-21-20(22(26)28)17-8-7-14(2)9-18(17)29-21/h4-6,10,13-14H,3,7-9,11-12H2,1-2H3/t14-/m0/s1. The van der Waals surface area contributed by atoms with Crippen LogP contribution in [0.1, 0.15) is 36.3 Å². The van der Waals surface area contributed by atoms with Crippen molar-refractivity contribution in [3.8, 4) is 0 Å². The number of rotatable bonds is 5. The lowest BCUT2D eigenvalue weighted by Gasteiger charge is -2.21. The van der Waals surface area contributed by atoms with Crippen LogP contribution in [-0.2, 0) is 30.7 Å². The van der Waals surface area contributed by atoms with Crippen LogP contribution in [0.3, 0.4) is 0 Å². The molecule has 4 rings (SSSR count). The molecule has 1 atom stereocenters. The maximum absolute atomic E-state index is 13.4. The minimum Gasteiger partial charge on any atom is -0.337 e. The van der Waals surface area contributed by atoms with E-state index in [0.717, 1.165) is 35.2 Å². The fourth-order valence-electron chi connectivity index (χ4n) is 3.96. The Labute approximate surface area is 172 Å². The SMILES string of the molecule is CCN(Cc1cccc(F)c1)C(=O)Cn1cnc2sc3c(c2c1=O)CC[C@H](C)C3. The van der Waals surface area contributed by atoms with Crippen molar-refractivity contribution in [1.82, 2.24) is 14.5 Å². The first kappa shape index (κ1) is 19.8. The minimum absolute atomic E-state index is 0.0635. The number of likely N-dealkylation sites (N-methyl/N-ethyl adjacent to an activating group) is 1. The van der Waals surface area contributed by atoms with Gasteiger partial charge in [-0.1, -0.05) is 19.1 Å². The van der Waals surface area contributed by atoms with Crippen molar-refractivity contribution in [2.24, 2.45) is 5.92 Å². The largest absolute Gasteiger partial charge is 0.337 e. The molecule has 0 fully saturated rings. The first-order valence-corrected chi connectivity index (χ1v) is 10.8. The molecular formula is C22H24FN3O2S. The molecule has 7 heteroatoms. The molecule has 29 heavy (non-hydrogen) atoms. The summed E-state index contributed by atoms with van der Waals surface area (Å²) in [5.41, 5.74) is 1.70. The molecule has 1 amide bonds. The first-order chi connectivity index (χ1) is 14.0. The highest BCUT2D eigenvalue weighted by Gasteiger charge is 2.24. The van der Waals surface area contributed by atoms with E-state index in [0.29, 0.717) is 24.4 Å². The van der Waals surface area contributed by atoms with Gasteiger partial charge in [-0.15, -0.1) is 11.3 Å². The summed E-state index contributed by atoms with van der Waals surface area (Å²) in [7, 11) is 0. The van der Waals surface area contributed by atoms with Crippen molar-refractivity contribution in [1.29, 1.82) is 0 Å². The van der Waals surface area contributed by atoms with Crippen molar-refractivity contribution in [2.45, 2.75) is 46.2 Å². The van der Waals surface area contributed by atoms with E-state index in [4.69, 9.17) is 0 Å². The van der Waals surface area contributed by atoms with Gasteiger partial charge < -0.3 is 4.90 Å². The molecule has 5 nitrogen and oxygen atoms in total. The first-order valence-electron chi connectivity index (χ1n) is 9.98. The van der Waals surface area contributed by atoms with Gasteiger partial charge in [-0.2, -0.15) is 0 Å². The fraction of sp³-hybridized carbons (Fsp3) is 0.409. The maximum Gasteiger partial charge on any atom is 0.262 e. The monoisotopic (exact) mass is 413 g/mol. The third-order valence-corrected chi connectivity index (χ3v) is 6.75. The summed E-state index contributed by atoms with van der Waals surface area (Å²) < 4.78 is 14.9. The van der Waals surface area contributed by atoms with E-state index in [1.165, 1.54) is 27.9 Å². The van der Waals surface area contributed by atoms with E-state index in [2.05, 4.69) is 11.9 Å². The van der Waals surface area contributed by atoms with Crippen LogP contribution in [0.2, 0.25) is 0 Å². The third kappa shape index (κ3) is 3.96. The van der Waals surface area contributed by atoms with Gasteiger partial charge in [0.25, 0.3) is 5.56 Å². The average molecular weight is 414 g/mol. The zero-order chi connectivity index (χ0) is 20.5. The van der Waals surface area contributed by atoms with E-state index < -0.39 is 0 Å². The van der Waals surface area contributed by atoms with Crippen molar-refractivity contribution < 1.29 is 9.18 Å². The number of halogens is 1. The number of hydrogen-bond acceptors (Lipinski definition) is 4. The Morgan fingerprint density at radius 1 is 1.41 bits per heavy atom. The number of hydrogen-bond donors (Lipinski definition) is 0. The minimum atomic E-state index is -0.326. The molecule has 1 aromatic carbocycles. The Balaban J connectivity index is 1.59. The number of aromatic nitrogens is 2. The molecule has 0 radical (unpaired) electrons. The summed E-state index contributed by atoms with van der Waals surface area (Å²) in [6.45, 7) is 4.83. The molecule has 0 saturated carbocycles. The molecule has 2 heterocycles. The van der Waals surface area contributed by atoms with Gasteiger partial charge in [-0.05, 0) is 55.4 Å². The highest BCUT2D eigenvalue weighted by Crippen LogP contribution is 2.35. The highest BCUT2D eigenvalue weighted by molar-refractivity contribution is 7.18. The highest BCUT2D eigenvalue weighted by atomic mass is 32.1. The number of aryl methyl sites for hydroxylation is 1. The van der Waals surface area contributed by atoms with Crippen LogP contribution in [0.15, 0.2) is 35.4 Å². The Morgan fingerprint density at radius 2 is 2.24 bits per heavy atom. The Hall–Kier alpha value is -2.54. The number of nitrogens with zero attached hydrogens (tertiary/aromatic N) is 3. The predicted octanol–water partition coefficient (Wildman–Crippen LogP) is 3.77. The average Bonchev–Trinajstić information content (AvgIpc) is 3.06. The van der Waals surface area contributed by atoms with Crippen LogP contribution < -0.4 is 5.56 Å². The van der Waals surface area contributed by atoms with Crippen LogP contribution in [0.4, 0.5) is 4.39 Å². The van der Waals surface area contributed by atoms with E-state index in [1.807, 2.05) is 6.92 Å². The topological polar surface area (TPSA) is 55.2 Å². The number of carbonyl (C=O) groups excluding carboxylic acids is 1. The van der Waals surface area contributed by atoms with Gasteiger partial charge in [0.1, 0.15) is 17.2 Å². The lowest BCUT2D eigenvalue weighted by molar-refractivity contribution is -0.132. The zero-order valence-electron chi connectivity index (χ0n) is 16.7. The summed E-state index contributed by atoms with van der Waals surface area (Å²) >= 11 is 1.60. The Kier molecular flexibility index (Phi) is 5.50. The summed E-state index contributed by atoms with van der Waals surface area (Å²) in [6, 6.07) is 6.22. The molecule has 3 aromatic rings. The molecule has 0 saturated heterocycles. The van der Waals surface area contributed by atoms with Crippen LogP contribution in [0.5, 0.6) is 0 Å². The number of benzene rings is 1.